The molecule has 2 aromatic heterocycles. The first kappa shape index (κ1) is 20.4. The summed E-state index contributed by atoms with van der Waals surface area (Å²) in [6.07, 6.45) is 0.0736. The Kier molecular flexibility index (Phi) is 5.10. The maximum atomic E-state index is 13.4. The van der Waals surface area contributed by atoms with E-state index >= 15 is 0 Å². The number of nitrogens with zero attached hydrogens (tertiary/aromatic N) is 4. The van der Waals surface area contributed by atoms with Crippen LogP contribution in [0.15, 0.2) is 65.9 Å². The van der Waals surface area contributed by atoms with Gasteiger partial charge in [0.25, 0.3) is 12.3 Å². The van der Waals surface area contributed by atoms with Gasteiger partial charge in [-0.15, -0.1) is 0 Å². The van der Waals surface area contributed by atoms with Gasteiger partial charge in [-0.05, 0) is 53.6 Å². The van der Waals surface area contributed by atoms with Crippen LogP contribution in [0.3, 0.4) is 0 Å². The molecular formula is C22H19F2N5O2. The molecule has 0 radical (unpaired) electrons. The Bertz CT molecular complexity index is 1170. The number of hydrogen-bond donors (Lipinski definition) is 1. The molecule has 0 saturated carbocycles. The largest absolute Gasteiger partial charge is 0.497 e. The molecule has 1 aromatic carbocycles. The number of hydrogen-bond acceptors (Lipinski definition) is 6. The van der Waals surface area contributed by atoms with Gasteiger partial charge in [0, 0.05) is 25.0 Å². The summed E-state index contributed by atoms with van der Waals surface area (Å²) in [5.41, 5.74) is 5.83. The fourth-order valence-corrected chi connectivity index (χ4v) is 3.58. The topological polar surface area (TPSA) is 93.7 Å². The quantitative estimate of drug-likeness (QED) is 0.681. The number of alkyl halides is 2. The summed E-state index contributed by atoms with van der Waals surface area (Å²) < 4.78 is 32.2. The number of pyridine rings is 2. The predicted molar refractivity (Wildman–Crippen MR) is 111 cm³/mol. The summed E-state index contributed by atoms with van der Waals surface area (Å²) in [6.45, 7) is 0. The van der Waals surface area contributed by atoms with Crippen LogP contribution < -0.4 is 10.5 Å². The second-order valence-electron chi connectivity index (χ2n) is 6.98. The zero-order valence-corrected chi connectivity index (χ0v) is 16.8. The molecule has 31 heavy (non-hydrogen) atoms. The molecule has 0 spiro atoms. The molecule has 7 nitrogen and oxygen atoms in total. The maximum Gasteiger partial charge on any atom is 0.280 e. The van der Waals surface area contributed by atoms with Crippen LogP contribution in [0, 0.1) is 0 Å². The second-order valence-corrected chi connectivity index (χ2v) is 6.98. The molecule has 1 aliphatic heterocycles. The summed E-state index contributed by atoms with van der Waals surface area (Å²) in [6, 6.07) is 13.2. The first-order valence-corrected chi connectivity index (χ1v) is 9.36. The molecule has 3 heterocycles. The number of ether oxygens (including phenoxy) is 1. The Balaban J connectivity index is 2.00. The summed E-state index contributed by atoms with van der Waals surface area (Å²) in [7, 11) is 2.98. The van der Waals surface area contributed by atoms with Gasteiger partial charge in [-0.25, -0.2) is 13.8 Å². The van der Waals surface area contributed by atoms with Crippen LogP contribution in [0.25, 0.3) is 11.3 Å². The highest BCUT2D eigenvalue weighted by Gasteiger charge is 2.50. The standard InChI is InChI=1S/C22H19F2N5O2/c1-29-20(30)22(28-21(29)25,14-6-8-27-18(12-14)19(23)24)15-9-13(10-16(11-15)31-2)17-5-3-4-7-26-17/h3-12,19H,1-2H3,(H2,25,28). The minimum atomic E-state index is -2.80. The molecule has 1 atom stereocenters. The zero-order chi connectivity index (χ0) is 22.2. The number of rotatable bonds is 5. The molecule has 3 aromatic rings. The third kappa shape index (κ3) is 3.37. The van der Waals surface area contributed by atoms with Crippen molar-refractivity contribution in [2.75, 3.05) is 14.2 Å². The SMILES string of the molecule is COc1cc(-c2ccccn2)cc(C2(c3ccnc(C(F)F)c3)N=C(N)N(C)C2=O)c1. The first-order chi connectivity index (χ1) is 14.9. The van der Waals surface area contributed by atoms with Gasteiger partial charge in [-0.1, -0.05) is 6.07 Å². The van der Waals surface area contributed by atoms with Crippen molar-refractivity contribution in [2.24, 2.45) is 10.7 Å². The third-order valence-corrected chi connectivity index (χ3v) is 5.18. The van der Waals surface area contributed by atoms with Crippen molar-refractivity contribution < 1.29 is 18.3 Å². The van der Waals surface area contributed by atoms with E-state index in [1.807, 2.05) is 12.1 Å². The van der Waals surface area contributed by atoms with Crippen molar-refractivity contribution in [2.45, 2.75) is 12.0 Å². The lowest BCUT2D eigenvalue weighted by Gasteiger charge is -2.27. The first-order valence-electron chi connectivity index (χ1n) is 9.36. The Morgan fingerprint density at radius 1 is 1.06 bits per heavy atom. The number of halogens is 2. The Labute approximate surface area is 177 Å². The molecule has 2 N–H and O–H groups in total. The Morgan fingerprint density at radius 3 is 2.48 bits per heavy atom. The number of nitrogens with two attached hydrogens (primary N) is 1. The monoisotopic (exact) mass is 423 g/mol. The van der Waals surface area contributed by atoms with E-state index in [2.05, 4.69) is 15.0 Å². The van der Waals surface area contributed by atoms with Crippen LogP contribution in [0.4, 0.5) is 8.78 Å². The predicted octanol–water partition coefficient (Wildman–Crippen LogP) is 3.12. The average molecular weight is 423 g/mol. The highest BCUT2D eigenvalue weighted by Crippen LogP contribution is 2.42. The van der Waals surface area contributed by atoms with Crippen molar-refractivity contribution in [1.82, 2.24) is 14.9 Å². The lowest BCUT2D eigenvalue weighted by Crippen LogP contribution is -2.41. The molecule has 0 fully saturated rings. The van der Waals surface area contributed by atoms with Crippen LogP contribution in [0.2, 0.25) is 0 Å². The van der Waals surface area contributed by atoms with Crippen molar-refractivity contribution in [3.8, 4) is 17.0 Å². The molecule has 9 heteroatoms. The second kappa shape index (κ2) is 7.75. The maximum absolute atomic E-state index is 13.4. The molecule has 0 bridgehead atoms. The lowest BCUT2D eigenvalue weighted by molar-refractivity contribution is -0.129. The van der Waals surface area contributed by atoms with E-state index in [4.69, 9.17) is 10.5 Å². The Hall–Kier alpha value is -3.88. The van der Waals surface area contributed by atoms with E-state index in [9.17, 15) is 13.6 Å². The van der Waals surface area contributed by atoms with Crippen LogP contribution in [0.5, 0.6) is 5.75 Å². The van der Waals surface area contributed by atoms with Crippen LogP contribution in [-0.2, 0) is 10.3 Å². The summed E-state index contributed by atoms with van der Waals surface area (Å²) in [5.74, 6) is -0.0453. The van der Waals surface area contributed by atoms with Crippen molar-refractivity contribution in [3.05, 3.63) is 77.7 Å². The number of likely N-dealkylation sites (N-methyl/N-ethyl adjacent to an activating group) is 1. The molecule has 4 rings (SSSR count). The Morgan fingerprint density at radius 2 is 1.87 bits per heavy atom. The van der Waals surface area contributed by atoms with E-state index < -0.39 is 23.6 Å². The van der Waals surface area contributed by atoms with Gasteiger partial charge in [0.2, 0.25) is 0 Å². The van der Waals surface area contributed by atoms with Gasteiger partial charge in [-0.2, -0.15) is 0 Å². The van der Waals surface area contributed by atoms with Gasteiger partial charge in [0.05, 0.1) is 12.8 Å². The number of guanidine groups is 1. The van der Waals surface area contributed by atoms with E-state index in [1.165, 1.54) is 37.4 Å². The molecule has 0 aliphatic carbocycles. The van der Waals surface area contributed by atoms with Crippen molar-refractivity contribution >= 4 is 11.9 Å². The molecule has 158 valence electrons. The molecule has 1 aliphatic rings. The van der Waals surface area contributed by atoms with Gasteiger partial charge in [-0.3, -0.25) is 19.7 Å². The van der Waals surface area contributed by atoms with Crippen LogP contribution >= 0.6 is 0 Å². The highest BCUT2D eigenvalue weighted by atomic mass is 19.3. The normalized spacial score (nSPS) is 18.4. The summed E-state index contributed by atoms with van der Waals surface area (Å²) >= 11 is 0. The van der Waals surface area contributed by atoms with Gasteiger partial charge in [0.1, 0.15) is 11.4 Å². The van der Waals surface area contributed by atoms with E-state index in [0.29, 0.717) is 22.6 Å². The number of carbonyl (C=O) groups excluding carboxylic acids is 1. The minimum absolute atomic E-state index is 0.0254. The fourth-order valence-electron chi connectivity index (χ4n) is 3.58. The fraction of sp³-hybridized carbons (Fsp3) is 0.182. The molecule has 0 saturated heterocycles. The number of amides is 1. The lowest BCUT2D eigenvalue weighted by atomic mass is 9.82. The van der Waals surface area contributed by atoms with Gasteiger partial charge >= 0.3 is 0 Å². The van der Waals surface area contributed by atoms with Crippen molar-refractivity contribution in [3.63, 3.8) is 0 Å². The summed E-state index contributed by atoms with van der Waals surface area (Å²) in [5, 5.41) is 0. The average Bonchev–Trinajstić information content (AvgIpc) is 3.04. The molecular weight excluding hydrogens is 404 g/mol. The van der Waals surface area contributed by atoms with E-state index in [1.54, 1.807) is 30.5 Å². The highest BCUT2D eigenvalue weighted by molar-refractivity contribution is 6.09. The molecule has 1 unspecified atom stereocenters. The van der Waals surface area contributed by atoms with Crippen molar-refractivity contribution in [1.29, 1.82) is 0 Å². The zero-order valence-electron chi connectivity index (χ0n) is 16.8. The summed E-state index contributed by atoms with van der Waals surface area (Å²) in [4.78, 5) is 27.1. The number of aliphatic imine (C=N–C) groups is 1. The van der Waals surface area contributed by atoms with Crippen LogP contribution in [-0.4, -0.2) is 40.9 Å². The molecule has 1 amide bonds. The smallest absolute Gasteiger partial charge is 0.280 e. The van der Waals surface area contributed by atoms with Gasteiger partial charge in [0.15, 0.2) is 11.5 Å². The number of benzene rings is 1. The number of aromatic nitrogens is 2. The van der Waals surface area contributed by atoms with Gasteiger partial charge < -0.3 is 10.5 Å². The minimum Gasteiger partial charge on any atom is -0.497 e. The number of methoxy groups -OCH3 is 1. The number of carbonyl (C=O) groups is 1. The van der Waals surface area contributed by atoms with E-state index in [0.717, 1.165) is 0 Å². The van der Waals surface area contributed by atoms with E-state index in [-0.39, 0.29) is 11.5 Å². The van der Waals surface area contributed by atoms with Crippen LogP contribution in [0.1, 0.15) is 23.2 Å². The third-order valence-electron chi connectivity index (χ3n) is 5.18.